The Kier molecular flexibility index (Phi) is 14.6. The van der Waals surface area contributed by atoms with Crippen molar-refractivity contribution in [3.8, 4) is 0 Å². The van der Waals surface area contributed by atoms with Crippen LogP contribution in [0.4, 0.5) is 0 Å². The topological polar surface area (TPSA) is 114 Å². The average molecular weight is 655 g/mol. The van der Waals surface area contributed by atoms with Crippen LogP contribution in [0.3, 0.4) is 0 Å². The van der Waals surface area contributed by atoms with E-state index in [4.69, 9.17) is 23.7 Å². The first-order chi connectivity index (χ1) is 21.9. The summed E-state index contributed by atoms with van der Waals surface area (Å²) in [6.45, 7) is 16.7. The summed E-state index contributed by atoms with van der Waals surface area (Å²) in [5.74, 6) is -1.59. The third-order valence-electron chi connectivity index (χ3n) is 7.84. The Morgan fingerprint density at radius 2 is 0.915 bits per heavy atom. The van der Waals surface area contributed by atoms with Crippen LogP contribution >= 0.6 is 0 Å². The number of esters is 4. The van der Waals surface area contributed by atoms with E-state index in [1.807, 2.05) is 60.7 Å². The molecular formula is C38H54O9. The Labute approximate surface area is 280 Å². The monoisotopic (exact) mass is 654 g/mol. The zero-order valence-corrected chi connectivity index (χ0v) is 29.7. The van der Waals surface area contributed by atoms with Crippen molar-refractivity contribution >= 4 is 23.9 Å². The van der Waals surface area contributed by atoms with E-state index in [0.717, 1.165) is 11.1 Å². The van der Waals surface area contributed by atoms with E-state index in [2.05, 4.69) is 0 Å². The van der Waals surface area contributed by atoms with Gasteiger partial charge in [-0.2, -0.15) is 0 Å². The van der Waals surface area contributed by atoms with Gasteiger partial charge in [-0.3, -0.25) is 19.2 Å². The highest BCUT2D eigenvalue weighted by molar-refractivity contribution is 5.81. The van der Waals surface area contributed by atoms with Gasteiger partial charge < -0.3 is 23.7 Å². The van der Waals surface area contributed by atoms with Crippen LogP contribution in [0.1, 0.15) is 92.7 Å². The molecule has 1 unspecified atom stereocenters. The highest BCUT2D eigenvalue weighted by Gasteiger charge is 2.42. The van der Waals surface area contributed by atoms with Crippen molar-refractivity contribution in [3.63, 3.8) is 0 Å². The number of benzene rings is 2. The molecule has 0 aliphatic rings. The predicted molar refractivity (Wildman–Crippen MR) is 179 cm³/mol. The molecule has 2 aromatic carbocycles. The maximum atomic E-state index is 13.0. The lowest BCUT2D eigenvalue weighted by atomic mass is 9.75. The Balaban J connectivity index is 1.68. The Hall–Kier alpha value is -3.72. The summed E-state index contributed by atoms with van der Waals surface area (Å²) in [4.78, 5) is 51.4. The molecule has 0 bridgehead atoms. The van der Waals surface area contributed by atoms with Gasteiger partial charge in [0.1, 0.15) is 25.9 Å². The molecular weight excluding hydrogens is 600 g/mol. The summed E-state index contributed by atoms with van der Waals surface area (Å²) in [5.41, 5.74) is -1.83. The van der Waals surface area contributed by atoms with E-state index < -0.39 is 39.7 Å². The third kappa shape index (κ3) is 13.5. The predicted octanol–water partition coefficient (Wildman–Crippen LogP) is 7.24. The summed E-state index contributed by atoms with van der Waals surface area (Å²) >= 11 is 0. The zero-order valence-electron chi connectivity index (χ0n) is 29.7. The molecule has 260 valence electrons. The minimum absolute atomic E-state index is 0.0534. The molecule has 0 aliphatic heterocycles. The number of rotatable bonds is 19. The summed E-state index contributed by atoms with van der Waals surface area (Å²) in [6, 6.07) is 18.9. The molecule has 9 nitrogen and oxygen atoms in total. The van der Waals surface area contributed by atoms with Crippen LogP contribution in [0.5, 0.6) is 0 Å². The molecule has 47 heavy (non-hydrogen) atoms. The molecule has 1 atom stereocenters. The Bertz CT molecular complexity index is 1300. The second-order valence-corrected chi connectivity index (χ2v) is 14.8. The Morgan fingerprint density at radius 1 is 0.532 bits per heavy atom. The molecule has 0 spiro atoms. The molecule has 0 aromatic heterocycles. The first-order valence-electron chi connectivity index (χ1n) is 16.2. The fourth-order valence-corrected chi connectivity index (χ4v) is 5.48. The normalized spacial score (nSPS) is 13.0. The Morgan fingerprint density at radius 3 is 1.34 bits per heavy atom. The molecule has 9 heteroatoms. The van der Waals surface area contributed by atoms with Crippen LogP contribution < -0.4 is 0 Å². The second-order valence-electron chi connectivity index (χ2n) is 14.8. The number of ether oxygens (including phenoxy) is 5. The standard InChI is InChI=1S/C38H54O9/c1-28(47-34(42)38(8,9)27-37(6,7)33(41)46-25-30-18-14-11-15-19-30)20-21-43-22-23-44-31(39)35(2,3)26-36(4,5)32(40)45-24-29-16-12-10-13-17-29/h10-19,28H,20-27H2,1-9H3. The summed E-state index contributed by atoms with van der Waals surface area (Å²) in [6.07, 6.45) is 0.533. The van der Waals surface area contributed by atoms with Crippen molar-refractivity contribution in [1.82, 2.24) is 0 Å². The van der Waals surface area contributed by atoms with Crippen LogP contribution in [0, 0.1) is 21.7 Å². The molecule has 0 saturated heterocycles. The maximum absolute atomic E-state index is 13.0. The molecule has 0 heterocycles. The third-order valence-corrected chi connectivity index (χ3v) is 7.84. The van der Waals surface area contributed by atoms with Gasteiger partial charge in [0.2, 0.25) is 0 Å². The SMILES string of the molecule is CC(CCOCCOC(=O)C(C)(C)CC(C)(C)C(=O)OCc1ccccc1)OC(=O)C(C)(C)CC(C)(C)C(=O)OCc1ccccc1. The van der Waals surface area contributed by atoms with E-state index in [9.17, 15) is 19.2 Å². The highest BCUT2D eigenvalue weighted by Crippen LogP contribution is 2.37. The van der Waals surface area contributed by atoms with Crippen molar-refractivity contribution < 1.29 is 42.9 Å². The lowest BCUT2D eigenvalue weighted by Crippen LogP contribution is -2.38. The fraction of sp³-hybridized carbons (Fsp3) is 0.579. The smallest absolute Gasteiger partial charge is 0.311 e. The highest BCUT2D eigenvalue weighted by atomic mass is 16.6. The molecule has 2 aromatic rings. The first-order valence-corrected chi connectivity index (χ1v) is 16.2. The number of carbonyl (C=O) groups excluding carboxylic acids is 4. The molecule has 0 fully saturated rings. The lowest BCUT2D eigenvalue weighted by Gasteiger charge is -2.32. The number of hydrogen-bond donors (Lipinski definition) is 0. The van der Waals surface area contributed by atoms with E-state index in [1.165, 1.54) is 0 Å². The van der Waals surface area contributed by atoms with E-state index >= 15 is 0 Å². The van der Waals surface area contributed by atoms with Crippen molar-refractivity contribution in [3.05, 3.63) is 71.8 Å². The summed E-state index contributed by atoms with van der Waals surface area (Å²) in [7, 11) is 0. The van der Waals surface area contributed by atoms with Crippen LogP contribution in [0.25, 0.3) is 0 Å². The van der Waals surface area contributed by atoms with Gasteiger partial charge in [-0.15, -0.1) is 0 Å². The minimum atomic E-state index is -0.919. The second kappa shape index (κ2) is 17.4. The van der Waals surface area contributed by atoms with E-state index in [-0.39, 0.29) is 51.2 Å². The molecule has 0 amide bonds. The van der Waals surface area contributed by atoms with Crippen molar-refractivity contribution in [2.45, 2.75) is 101 Å². The maximum Gasteiger partial charge on any atom is 0.311 e. The van der Waals surface area contributed by atoms with Gasteiger partial charge in [-0.05, 0) is 86.3 Å². The molecule has 0 radical (unpaired) electrons. The van der Waals surface area contributed by atoms with Gasteiger partial charge in [-0.25, -0.2) is 0 Å². The van der Waals surface area contributed by atoms with Gasteiger partial charge in [0, 0.05) is 6.42 Å². The molecule has 0 N–H and O–H groups in total. The van der Waals surface area contributed by atoms with Gasteiger partial charge in [0.05, 0.1) is 34.9 Å². The van der Waals surface area contributed by atoms with E-state index in [0.29, 0.717) is 13.0 Å². The van der Waals surface area contributed by atoms with Crippen LogP contribution in [-0.2, 0) is 56.1 Å². The van der Waals surface area contributed by atoms with Crippen LogP contribution in [-0.4, -0.2) is 49.8 Å². The van der Waals surface area contributed by atoms with Crippen molar-refractivity contribution in [1.29, 1.82) is 0 Å². The minimum Gasteiger partial charge on any atom is -0.463 e. The zero-order chi connectivity index (χ0) is 35.3. The largest absolute Gasteiger partial charge is 0.463 e. The van der Waals surface area contributed by atoms with E-state index in [1.54, 1.807) is 62.3 Å². The molecule has 0 saturated carbocycles. The van der Waals surface area contributed by atoms with Gasteiger partial charge in [0.15, 0.2) is 0 Å². The van der Waals surface area contributed by atoms with Gasteiger partial charge in [0.25, 0.3) is 0 Å². The summed E-state index contributed by atoms with van der Waals surface area (Å²) in [5, 5.41) is 0. The van der Waals surface area contributed by atoms with Crippen LogP contribution in [0.15, 0.2) is 60.7 Å². The molecule has 0 aliphatic carbocycles. The first kappa shape index (κ1) is 39.5. The number of hydrogen-bond acceptors (Lipinski definition) is 9. The lowest BCUT2D eigenvalue weighted by molar-refractivity contribution is -0.167. The quantitative estimate of drug-likeness (QED) is 0.0878. The van der Waals surface area contributed by atoms with Gasteiger partial charge >= 0.3 is 23.9 Å². The average Bonchev–Trinajstić information content (AvgIpc) is 3.00. The number of carbonyl (C=O) groups is 4. The van der Waals surface area contributed by atoms with Crippen LogP contribution in [0.2, 0.25) is 0 Å². The fourth-order valence-electron chi connectivity index (χ4n) is 5.48. The molecule has 2 rings (SSSR count). The summed E-state index contributed by atoms with van der Waals surface area (Å²) < 4.78 is 27.8. The van der Waals surface area contributed by atoms with Crippen molar-refractivity contribution in [2.75, 3.05) is 19.8 Å². The van der Waals surface area contributed by atoms with Crippen molar-refractivity contribution in [2.24, 2.45) is 21.7 Å². The van der Waals surface area contributed by atoms with Gasteiger partial charge in [-0.1, -0.05) is 60.7 Å².